The lowest BCUT2D eigenvalue weighted by atomic mass is 10.2. The van der Waals surface area contributed by atoms with Gasteiger partial charge in [0.15, 0.2) is 0 Å². The van der Waals surface area contributed by atoms with E-state index >= 15 is 0 Å². The van der Waals surface area contributed by atoms with Gasteiger partial charge < -0.3 is 15.7 Å². The Morgan fingerprint density at radius 2 is 2.00 bits per heavy atom. The number of aryl methyl sites for hydroxylation is 1. The average molecular weight is 385 g/mol. The molecule has 2 heterocycles. The maximum absolute atomic E-state index is 9.46. The molecule has 4 N–H and O–H groups in total. The third-order valence-electron chi connectivity index (χ3n) is 4.03. The third kappa shape index (κ3) is 4.99. The molecule has 1 aromatic carbocycles. The topological polar surface area (TPSA) is 98.8 Å². The predicted molar refractivity (Wildman–Crippen MR) is 110 cm³/mol. The van der Waals surface area contributed by atoms with E-state index in [1.807, 2.05) is 52.0 Å². The minimum Gasteiger partial charge on any atom is -0.395 e. The van der Waals surface area contributed by atoms with Gasteiger partial charge in [-0.25, -0.2) is 4.98 Å². The summed E-state index contributed by atoms with van der Waals surface area (Å²) in [6, 6.07) is 9.78. The number of H-pyrrole nitrogens is 1. The van der Waals surface area contributed by atoms with Crippen molar-refractivity contribution in [2.75, 3.05) is 17.2 Å². The molecule has 7 nitrogen and oxygen atoms in total. The lowest BCUT2D eigenvalue weighted by Crippen LogP contribution is -2.19. The van der Waals surface area contributed by atoms with Crippen LogP contribution in [0.25, 0.3) is 0 Å². The van der Waals surface area contributed by atoms with Gasteiger partial charge in [-0.2, -0.15) is 10.1 Å². The van der Waals surface area contributed by atoms with Crippen molar-refractivity contribution in [1.29, 1.82) is 0 Å². The van der Waals surface area contributed by atoms with Crippen molar-refractivity contribution in [1.82, 2.24) is 20.2 Å². The number of aliphatic hydroxyl groups excluding tert-OH is 1. The molecule has 0 fully saturated rings. The first-order valence-electron chi connectivity index (χ1n) is 8.65. The molecule has 2 aromatic heterocycles. The summed E-state index contributed by atoms with van der Waals surface area (Å²) < 4.78 is -0.237. The van der Waals surface area contributed by atoms with Crippen LogP contribution in [0.3, 0.4) is 0 Å². The first-order chi connectivity index (χ1) is 12.9. The monoisotopic (exact) mass is 384 g/mol. The molecule has 0 aliphatic carbocycles. The quantitative estimate of drug-likeness (QED) is 0.454. The molecule has 0 saturated heterocycles. The molecule has 0 bridgehead atoms. The highest BCUT2D eigenvalue weighted by atomic mass is 32.2. The number of rotatable bonds is 7. The van der Waals surface area contributed by atoms with Crippen molar-refractivity contribution in [2.24, 2.45) is 0 Å². The number of nitrogens with one attached hydrogen (secondary N) is 3. The Morgan fingerprint density at radius 1 is 1.19 bits per heavy atom. The summed E-state index contributed by atoms with van der Waals surface area (Å²) in [5.41, 5.74) is 2.89. The lowest BCUT2D eigenvalue weighted by molar-refractivity contribution is 0.265. The van der Waals surface area contributed by atoms with Crippen LogP contribution in [0.1, 0.15) is 25.1 Å². The number of hydrogen-bond acceptors (Lipinski definition) is 7. The normalized spacial score (nSPS) is 11.4. The van der Waals surface area contributed by atoms with Crippen LogP contribution in [0, 0.1) is 13.8 Å². The molecule has 0 radical (unpaired) electrons. The van der Waals surface area contributed by atoms with Gasteiger partial charge in [-0.05, 0) is 52.0 Å². The molecule has 142 valence electrons. The second kappa shape index (κ2) is 7.98. The molecule has 3 aromatic rings. The van der Waals surface area contributed by atoms with Crippen molar-refractivity contribution in [2.45, 2.75) is 37.3 Å². The fourth-order valence-electron chi connectivity index (χ4n) is 2.34. The number of thioether (sulfide) groups is 1. The van der Waals surface area contributed by atoms with Crippen LogP contribution < -0.4 is 10.6 Å². The first kappa shape index (κ1) is 19.2. The highest BCUT2D eigenvalue weighted by molar-refractivity contribution is 8.00. The summed E-state index contributed by atoms with van der Waals surface area (Å²) in [6.07, 6.45) is 1.70. The molecule has 0 spiro atoms. The molecular weight excluding hydrogens is 360 g/mol. The Kier molecular flexibility index (Phi) is 5.67. The summed E-state index contributed by atoms with van der Waals surface area (Å²) >= 11 is 1.63. The number of anilines is 4. The van der Waals surface area contributed by atoms with Gasteiger partial charge in [-0.15, -0.1) is 11.8 Å². The fraction of sp³-hybridized carbons (Fsp3) is 0.316. The largest absolute Gasteiger partial charge is 0.395 e. The van der Waals surface area contributed by atoms with Crippen molar-refractivity contribution >= 4 is 35.0 Å². The molecule has 0 aliphatic heterocycles. The lowest BCUT2D eigenvalue weighted by Gasteiger charge is -2.21. The third-order valence-corrected chi connectivity index (χ3v) is 5.20. The van der Waals surface area contributed by atoms with Gasteiger partial charge in [-0.1, -0.05) is 6.07 Å². The Labute approximate surface area is 163 Å². The Balaban J connectivity index is 1.74. The minimum atomic E-state index is -0.237. The Morgan fingerprint density at radius 3 is 2.70 bits per heavy atom. The zero-order valence-electron chi connectivity index (χ0n) is 15.9. The van der Waals surface area contributed by atoms with E-state index in [1.54, 1.807) is 24.0 Å². The maximum atomic E-state index is 9.46. The van der Waals surface area contributed by atoms with Gasteiger partial charge >= 0.3 is 0 Å². The molecule has 3 rings (SSSR count). The summed E-state index contributed by atoms with van der Waals surface area (Å²) in [7, 11) is 0. The minimum absolute atomic E-state index is 0.110. The maximum Gasteiger partial charge on any atom is 0.229 e. The van der Waals surface area contributed by atoms with Gasteiger partial charge in [0.2, 0.25) is 5.95 Å². The van der Waals surface area contributed by atoms with E-state index < -0.39 is 0 Å². The van der Waals surface area contributed by atoms with Gasteiger partial charge in [0.1, 0.15) is 11.6 Å². The molecule has 0 amide bonds. The van der Waals surface area contributed by atoms with Crippen molar-refractivity contribution in [3.63, 3.8) is 0 Å². The molecule has 0 atom stereocenters. The molecule has 0 aliphatic rings. The SMILES string of the molecule is Cc1n[nH]c(Nc2ccnc(Nc3cccc(SC(C)(C)CO)c3)n2)c1C. The van der Waals surface area contributed by atoms with E-state index in [0.717, 1.165) is 27.7 Å². The number of aliphatic hydroxyl groups is 1. The van der Waals surface area contributed by atoms with Crippen LogP contribution >= 0.6 is 11.8 Å². The number of hydrogen-bond donors (Lipinski definition) is 4. The average Bonchev–Trinajstić information content (AvgIpc) is 2.94. The van der Waals surface area contributed by atoms with E-state index in [4.69, 9.17) is 0 Å². The summed E-state index contributed by atoms with van der Waals surface area (Å²) in [6.45, 7) is 8.08. The van der Waals surface area contributed by atoms with Crippen molar-refractivity contribution < 1.29 is 5.11 Å². The van der Waals surface area contributed by atoms with Crippen LogP contribution in [0.5, 0.6) is 0 Å². The zero-order chi connectivity index (χ0) is 19.4. The Bertz CT molecular complexity index is 924. The standard InChI is InChI=1S/C19H24N6OS/c1-12-13(2)24-25-17(12)22-16-8-9-20-18(23-16)21-14-6-5-7-15(10-14)27-19(3,4)11-26/h5-10,26H,11H2,1-4H3,(H3,20,21,22,23,24,25). The van der Waals surface area contributed by atoms with E-state index in [-0.39, 0.29) is 11.4 Å². The summed E-state index contributed by atoms with van der Waals surface area (Å²) in [4.78, 5) is 9.86. The smallest absolute Gasteiger partial charge is 0.229 e. The summed E-state index contributed by atoms with van der Waals surface area (Å²) in [5, 5.41) is 23.1. The van der Waals surface area contributed by atoms with Gasteiger partial charge in [-0.3, -0.25) is 5.10 Å². The van der Waals surface area contributed by atoms with Crippen LogP contribution in [0.15, 0.2) is 41.4 Å². The van der Waals surface area contributed by atoms with E-state index in [1.165, 1.54) is 0 Å². The molecule has 27 heavy (non-hydrogen) atoms. The van der Waals surface area contributed by atoms with Crippen LogP contribution in [-0.2, 0) is 0 Å². The number of aromatic amines is 1. The van der Waals surface area contributed by atoms with Crippen molar-refractivity contribution in [3.8, 4) is 0 Å². The molecule has 0 unspecified atom stereocenters. The molecular formula is C19H24N6OS. The van der Waals surface area contributed by atoms with E-state index in [9.17, 15) is 5.11 Å². The Hall–Kier alpha value is -2.58. The molecule has 0 saturated carbocycles. The number of benzene rings is 1. The second-order valence-corrected chi connectivity index (χ2v) is 8.65. The van der Waals surface area contributed by atoms with E-state index in [0.29, 0.717) is 11.8 Å². The first-order valence-corrected chi connectivity index (χ1v) is 9.46. The zero-order valence-corrected chi connectivity index (χ0v) is 16.7. The van der Waals surface area contributed by atoms with Gasteiger partial charge in [0.25, 0.3) is 0 Å². The van der Waals surface area contributed by atoms with Crippen LogP contribution in [-0.4, -0.2) is 36.6 Å². The summed E-state index contributed by atoms with van der Waals surface area (Å²) in [5.74, 6) is 1.99. The van der Waals surface area contributed by atoms with Gasteiger partial charge in [0, 0.05) is 27.1 Å². The highest BCUT2D eigenvalue weighted by Crippen LogP contribution is 2.33. The van der Waals surface area contributed by atoms with Gasteiger partial charge in [0.05, 0.1) is 12.3 Å². The fourth-order valence-corrected chi connectivity index (χ4v) is 3.38. The van der Waals surface area contributed by atoms with Crippen LogP contribution in [0.4, 0.5) is 23.3 Å². The molecule has 8 heteroatoms. The number of aromatic nitrogens is 4. The van der Waals surface area contributed by atoms with E-state index in [2.05, 4.69) is 30.8 Å². The second-order valence-electron chi connectivity index (χ2n) is 6.87. The van der Waals surface area contributed by atoms with Crippen LogP contribution in [0.2, 0.25) is 0 Å². The van der Waals surface area contributed by atoms with Crippen molar-refractivity contribution in [3.05, 3.63) is 47.8 Å². The predicted octanol–water partition coefficient (Wildman–Crippen LogP) is 4.17. The number of nitrogens with zero attached hydrogens (tertiary/aromatic N) is 3. The highest BCUT2D eigenvalue weighted by Gasteiger charge is 2.18.